The predicted octanol–water partition coefficient (Wildman–Crippen LogP) is 2.99. The lowest BCUT2D eigenvalue weighted by Gasteiger charge is -2.34. The summed E-state index contributed by atoms with van der Waals surface area (Å²) < 4.78 is 0. The van der Waals surface area contributed by atoms with Crippen molar-refractivity contribution in [1.29, 1.82) is 0 Å². The second-order valence-electron chi connectivity index (χ2n) is 6.57. The maximum Gasteiger partial charge on any atom is 0.220 e. The highest BCUT2D eigenvalue weighted by Crippen LogP contribution is 2.33. The quantitative estimate of drug-likeness (QED) is 0.776. The van der Waals surface area contributed by atoms with E-state index in [0.29, 0.717) is 18.0 Å². The van der Waals surface area contributed by atoms with Crippen LogP contribution in [0.1, 0.15) is 72.1 Å². The van der Waals surface area contributed by atoms with Gasteiger partial charge in [0.2, 0.25) is 5.91 Å². The second-order valence-corrected chi connectivity index (χ2v) is 6.57. The van der Waals surface area contributed by atoms with E-state index in [1.807, 2.05) is 0 Å². The lowest BCUT2D eigenvalue weighted by molar-refractivity contribution is -0.124. The number of carbonyl (C=O) groups excluding carboxylic acids is 1. The Labute approximate surface area is 117 Å². The Hall–Kier alpha value is -0.570. The Morgan fingerprint density at radius 3 is 2.11 bits per heavy atom. The molecule has 0 aromatic carbocycles. The Balaban J connectivity index is 1.84. The average molecular weight is 266 g/mol. The highest BCUT2D eigenvalue weighted by molar-refractivity contribution is 5.77. The number of rotatable bonds is 6. The van der Waals surface area contributed by atoms with Gasteiger partial charge in [-0.15, -0.1) is 0 Å². The van der Waals surface area contributed by atoms with E-state index in [-0.39, 0.29) is 11.4 Å². The Kier molecular flexibility index (Phi) is 4.88. The molecule has 0 aromatic heterocycles. The molecule has 0 radical (unpaired) electrons. The van der Waals surface area contributed by atoms with Gasteiger partial charge in [-0.05, 0) is 50.9 Å². The first kappa shape index (κ1) is 14.8. The second kappa shape index (κ2) is 6.25. The van der Waals surface area contributed by atoms with Crippen LogP contribution in [-0.2, 0) is 4.79 Å². The summed E-state index contributed by atoms with van der Waals surface area (Å²) in [4.78, 5) is 12.3. The third-order valence-corrected chi connectivity index (χ3v) is 5.48. The van der Waals surface area contributed by atoms with Crippen molar-refractivity contribution in [2.24, 2.45) is 5.92 Å². The first-order valence-electron chi connectivity index (χ1n) is 8.17. The Morgan fingerprint density at radius 1 is 1.11 bits per heavy atom. The molecule has 110 valence electrons. The van der Waals surface area contributed by atoms with Gasteiger partial charge in [0.1, 0.15) is 0 Å². The van der Waals surface area contributed by atoms with E-state index in [9.17, 15) is 4.79 Å². The normalized spacial score (nSPS) is 30.4. The molecule has 2 N–H and O–H groups in total. The van der Waals surface area contributed by atoms with E-state index < -0.39 is 0 Å². The van der Waals surface area contributed by atoms with Crippen molar-refractivity contribution in [2.75, 3.05) is 0 Å². The zero-order chi connectivity index (χ0) is 13.9. The molecule has 2 saturated heterocycles. The van der Waals surface area contributed by atoms with Crippen LogP contribution in [0.4, 0.5) is 0 Å². The minimum absolute atomic E-state index is 0.0307. The van der Waals surface area contributed by atoms with Crippen molar-refractivity contribution in [3.8, 4) is 0 Å². The molecule has 2 heterocycles. The molecule has 3 nitrogen and oxygen atoms in total. The lowest BCUT2D eigenvalue weighted by atomic mass is 9.87. The molecule has 2 atom stereocenters. The van der Waals surface area contributed by atoms with E-state index >= 15 is 0 Å². The van der Waals surface area contributed by atoms with E-state index in [1.165, 1.54) is 25.7 Å². The summed E-state index contributed by atoms with van der Waals surface area (Å²) in [5.74, 6) is 0.874. The minimum atomic E-state index is 0.0307. The van der Waals surface area contributed by atoms with Gasteiger partial charge in [-0.1, -0.05) is 20.8 Å². The van der Waals surface area contributed by atoms with Crippen molar-refractivity contribution < 1.29 is 4.79 Å². The Bertz CT molecular complexity index is 292. The fraction of sp³-hybridized carbons (Fsp3) is 0.938. The number of amides is 1. The summed E-state index contributed by atoms with van der Waals surface area (Å²) in [6, 6.07) is 1.37. The molecule has 0 aliphatic carbocycles. The van der Waals surface area contributed by atoms with Gasteiger partial charge < -0.3 is 10.6 Å². The molecule has 2 fully saturated rings. The number of piperidine rings is 1. The molecule has 1 amide bonds. The Morgan fingerprint density at radius 2 is 1.63 bits per heavy atom. The topological polar surface area (TPSA) is 41.1 Å². The van der Waals surface area contributed by atoms with E-state index in [4.69, 9.17) is 0 Å². The van der Waals surface area contributed by atoms with Gasteiger partial charge in [-0.25, -0.2) is 0 Å². The standard InChI is InChI=1S/C16H30N2O/c1-4-16(5-2,6-3)18-15(19)11-12-9-13-7-8-14(10-12)17-13/h12-14,17H,4-11H2,1-3H3,(H,18,19). The van der Waals surface area contributed by atoms with Gasteiger partial charge in [0.15, 0.2) is 0 Å². The number of hydrogen-bond donors (Lipinski definition) is 2. The van der Waals surface area contributed by atoms with Gasteiger partial charge in [0.05, 0.1) is 0 Å². The van der Waals surface area contributed by atoms with Crippen molar-refractivity contribution in [3.63, 3.8) is 0 Å². The maximum atomic E-state index is 12.3. The van der Waals surface area contributed by atoms with Crippen molar-refractivity contribution in [2.45, 2.75) is 89.8 Å². The highest BCUT2D eigenvalue weighted by atomic mass is 16.1. The van der Waals surface area contributed by atoms with Gasteiger partial charge >= 0.3 is 0 Å². The third-order valence-electron chi connectivity index (χ3n) is 5.48. The van der Waals surface area contributed by atoms with Crippen LogP contribution in [0.3, 0.4) is 0 Å². The highest BCUT2D eigenvalue weighted by Gasteiger charge is 2.35. The van der Waals surface area contributed by atoms with Crippen molar-refractivity contribution >= 4 is 5.91 Å². The number of nitrogens with one attached hydrogen (secondary N) is 2. The van der Waals surface area contributed by atoms with Crippen LogP contribution in [0, 0.1) is 5.92 Å². The van der Waals surface area contributed by atoms with Crippen molar-refractivity contribution in [3.05, 3.63) is 0 Å². The summed E-state index contributed by atoms with van der Waals surface area (Å²) in [5.41, 5.74) is 0.0307. The van der Waals surface area contributed by atoms with Crippen LogP contribution in [0.2, 0.25) is 0 Å². The zero-order valence-electron chi connectivity index (χ0n) is 12.8. The monoisotopic (exact) mass is 266 g/mol. The van der Waals surface area contributed by atoms with Gasteiger partial charge in [-0.3, -0.25) is 4.79 Å². The fourth-order valence-electron chi connectivity index (χ4n) is 3.97. The summed E-state index contributed by atoms with van der Waals surface area (Å²) >= 11 is 0. The molecule has 0 aromatic rings. The molecule has 2 aliphatic rings. The average Bonchev–Trinajstić information content (AvgIpc) is 2.75. The van der Waals surface area contributed by atoms with Crippen LogP contribution >= 0.6 is 0 Å². The molecular formula is C16H30N2O. The summed E-state index contributed by atoms with van der Waals surface area (Å²) in [7, 11) is 0. The molecule has 2 aliphatic heterocycles. The van der Waals surface area contributed by atoms with E-state index in [2.05, 4.69) is 31.4 Å². The first-order chi connectivity index (χ1) is 9.10. The molecule has 2 unspecified atom stereocenters. The lowest BCUT2D eigenvalue weighted by Crippen LogP contribution is -2.48. The van der Waals surface area contributed by atoms with Gasteiger partial charge in [0.25, 0.3) is 0 Å². The largest absolute Gasteiger partial charge is 0.351 e. The SMILES string of the molecule is CCC(CC)(CC)NC(=O)CC1CC2CCC(C1)N2. The maximum absolute atomic E-state index is 12.3. The van der Waals surface area contributed by atoms with Crippen LogP contribution in [0.15, 0.2) is 0 Å². The molecule has 2 bridgehead atoms. The fourth-order valence-corrected chi connectivity index (χ4v) is 3.97. The summed E-state index contributed by atoms with van der Waals surface area (Å²) in [6.07, 6.45) is 8.84. The zero-order valence-corrected chi connectivity index (χ0v) is 12.8. The first-order valence-corrected chi connectivity index (χ1v) is 8.17. The molecule has 2 rings (SSSR count). The predicted molar refractivity (Wildman–Crippen MR) is 79.0 cm³/mol. The van der Waals surface area contributed by atoms with Gasteiger partial charge in [0, 0.05) is 24.0 Å². The van der Waals surface area contributed by atoms with Crippen LogP contribution in [-0.4, -0.2) is 23.5 Å². The van der Waals surface area contributed by atoms with Crippen LogP contribution in [0.5, 0.6) is 0 Å². The molecular weight excluding hydrogens is 236 g/mol. The number of fused-ring (bicyclic) bond motifs is 2. The molecule has 19 heavy (non-hydrogen) atoms. The van der Waals surface area contributed by atoms with E-state index in [0.717, 1.165) is 25.7 Å². The smallest absolute Gasteiger partial charge is 0.220 e. The van der Waals surface area contributed by atoms with Crippen LogP contribution in [0.25, 0.3) is 0 Å². The number of hydrogen-bond acceptors (Lipinski definition) is 2. The molecule has 0 saturated carbocycles. The summed E-state index contributed by atoms with van der Waals surface area (Å²) in [6.45, 7) is 6.54. The number of carbonyl (C=O) groups is 1. The minimum Gasteiger partial charge on any atom is -0.351 e. The van der Waals surface area contributed by atoms with Crippen molar-refractivity contribution in [1.82, 2.24) is 10.6 Å². The summed E-state index contributed by atoms with van der Waals surface area (Å²) in [5, 5.41) is 6.96. The van der Waals surface area contributed by atoms with Gasteiger partial charge in [-0.2, -0.15) is 0 Å². The molecule has 0 spiro atoms. The van der Waals surface area contributed by atoms with Crippen LogP contribution < -0.4 is 10.6 Å². The molecule has 3 heteroatoms. The third kappa shape index (κ3) is 3.50. The van der Waals surface area contributed by atoms with E-state index in [1.54, 1.807) is 0 Å².